The van der Waals surface area contributed by atoms with E-state index in [9.17, 15) is 4.79 Å². The van der Waals surface area contributed by atoms with Gasteiger partial charge < -0.3 is 19.7 Å². The molecule has 1 aliphatic rings. The van der Waals surface area contributed by atoms with Gasteiger partial charge in [0.15, 0.2) is 0 Å². The van der Waals surface area contributed by atoms with Crippen LogP contribution in [0.1, 0.15) is 18.4 Å². The highest BCUT2D eigenvalue weighted by Crippen LogP contribution is 2.37. The summed E-state index contributed by atoms with van der Waals surface area (Å²) >= 11 is 0. The monoisotopic (exact) mass is 315 g/mol. The van der Waals surface area contributed by atoms with E-state index in [4.69, 9.17) is 14.7 Å². The molecule has 23 heavy (non-hydrogen) atoms. The minimum atomic E-state index is -0.433. The van der Waals surface area contributed by atoms with Gasteiger partial charge in [-0.3, -0.25) is 4.79 Å². The number of nitrogens with zero attached hydrogens (tertiary/aromatic N) is 2. The second kappa shape index (κ2) is 7.54. The lowest BCUT2D eigenvalue weighted by atomic mass is 10.1. The second-order valence-electron chi connectivity index (χ2n) is 5.21. The van der Waals surface area contributed by atoms with Crippen molar-refractivity contribution in [2.45, 2.75) is 12.8 Å². The molecular formula is C17H21N3O3. The number of rotatable bonds is 5. The Hall–Kier alpha value is -2.68. The first-order valence-electron chi connectivity index (χ1n) is 7.49. The van der Waals surface area contributed by atoms with Crippen molar-refractivity contribution in [1.82, 2.24) is 5.32 Å². The minimum absolute atomic E-state index is 0.0155. The topological polar surface area (TPSA) is 74.6 Å². The molecule has 122 valence electrons. The zero-order valence-electron chi connectivity index (χ0n) is 13.7. The summed E-state index contributed by atoms with van der Waals surface area (Å²) in [6.45, 7) is 1.97. The number of likely N-dealkylation sites (N-methyl/N-ethyl adjacent to an activating group) is 1. The van der Waals surface area contributed by atoms with Gasteiger partial charge in [-0.05, 0) is 25.0 Å². The van der Waals surface area contributed by atoms with Gasteiger partial charge in [-0.1, -0.05) is 0 Å². The first-order valence-corrected chi connectivity index (χ1v) is 7.49. The van der Waals surface area contributed by atoms with Gasteiger partial charge in [-0.15, -0.1) is 0 Å². The van der Waals surface area contributed by atoms with E-state index >= 15 is 0 Å². The highest BCUT2D eigenvalue weighted by Gasteiger charge is 2.19. The van der Waals surface area contributed by atoms with Crippen LogP contribution in [0.3, 0.4) is 0 Å². The van der Waals surface area contributed by atoms with Crippen LogP contribution in [-0.4, -0.2) is 40.3 Å². The molecule has 1 N–H and O–H groups in total. The summed E-state index contributed by atoms with van der Waals surface area (Å²) in [4.78, 5) is 13.9. The zero-order valence-corrected chi connectivity index (χ0v) is 13.7. The van der Waals surface area contributed by atoms with Crippen molar-refractivity contribution in [3.05, 3.63) is 23.3 Å². The summed E-state index contributed by atoms with van der Waals surface area (Å²) in [5, 5.41) is 11.6. The van der Waals surface area contributed by atoms with Gasteiger partial charge in [-0.2, -0.15) is 5.26 Å². The molecule has 0 radical (unpaired) electrons. The molecule has 0 aromatic heterocycles. The molecule has 0 atom stereocenters. The molecule has 0 spiro atoms. The molecule has 6 nitrogen and oxygen atoms in total. The Kier molecular flexibility index (Phi) is 5.47. The average Bonchev–Trinajstić information content (AvgIpc) is 3.12. The van der Waals surface area contributed by atoms with Crippen LogP contribution in [-0.2, 0) is 4.79 Å². The quantitative estimate of drug-likeness (QED) is 0.664. The summed E-state index contributed by atoms with van der Waals surface area (Å²) in [5.41, 5.74) is 1.62. The SMILES string of the molecule is CNC(=O)/C(C#N)=C\c1cc(OC)c(N2CCCC2)cc1OC. The molecular weight excluding hydrogens is 294 g/mol. The maximum absolute atomic E-state index is 11.7. The van der Waals surface area contributed by atoms with Gasteiger partial charge in [0.2, 0.25) is 0 Å². The first kappa shape index (κ1) is 16.7. The number of nitriles is 1. The molecule has 1 fully saturated rings. The van der Waals surface area contributed by atoms with Gasteiger partial charge in [-0.25, -0.2) is 0 Å². The largest absolute Gasteiger partial charge is 0.496 e. The maximum atomic E-state index is 11.7. The van der Waals surface area contributed by atoms with E-state index in [-0.39, 0.29) is 5.57 Å². The van der Waals surface area contributed by atoms with Crippen molar-refractivity contribution in [1.29, 1.82) is 5.26 Å². The fourth-order valence-electron chi connectivity index (χ4n) is 2.66. The maximum Gasteiger partial charge on any atom is 0.261 e. The normalized spacial score (nSPS) is 14.3. The van der Waals surface area contributed by atoms with Gasteiger partial charge in [0, 0.05) is 31.8 Å². The number of anilines is 1. The van der Waals surface area contributed by atoms with Gasteiger partial charge in [0.25, 0.3) is 5.91 Å². The number of nitrogens with one attached hydrogen (secondary N) is 1. The van der Waals surface area contributed by atoms with E-state index in [1.165, 1.54) is 13.1 Å². The number of benzene rings is 1. The van der Waals surface area contributed by atoms with Crippen LogP contribution in [0.5, 0.6) is 11.5 Å². The number of carbonyl (C=O) groups is 1. The van der Waals surface area contributed by atoms with Crippen LogP contribution in [0.2, 0.25) is 0 Å². The van der Waals surface area contributed by atoms with E-state index < -0.39 is 5.91 Å². The molecule has 1 aromatic carbocycles. The van der Waals surface area contributed by atoms with E-state index in [0.29, 0.717) is 17.1 Å². The van der Waals surface area contributed by atoms with Gasteiger partial charge in [0.05, 0.1) is 19.9 Å². The Morgan fingerprint density at radius 2 is 1.91 bits per heavy atom. The van der Waals surface area contributed by atoms with Crippen molar-refractivity contribution in [3.8, 4) is 17.6 Å². The summed E-state index contributed by atoms with van der Waals surface area (Å²) in [6, 6.07) is 5.60. The lowest BCUT2D eigenvalue weighted by molar-refractivity contribution is -0.116. The van der Waals surface area contributed by atoms with E-state index in [0.717, 1.165) is 31.6 Å². The smallest absolute Gasteiger partial charge is 0.261 e. The highest BCUT2D eigenvalue weighted by atomic mass is 16.5. The summed E-state index contributed by atoms with van der Waals surface area (Å²) in [7, 11) is 4.67. The Morgan fingerprint density at radius 1 is 1.26 bits per heavy atom. The van der Waals surface area contributed by atoms with Crippen molar-refractivity contribution in [3.63, 3.8) is 0 Å². The predicted octanol–water partition coefficient (Wildman–Crippen LogP) is 1.96. The van der Waals surface area contributed by atoms with E-state index in [1.54, 1.807) is 20.3 Å². The molecule has 0 saturated carbocycles. The standard InChI is InChI=1S/C17H21N3O3/c1-19-17(21)13(11-18)8-12-9-16(23-3)14(10-15(12)22-2)20-6-4-5-7-20/h8-10H,4-7H2,1-3H3,(H,19,21)/b13-8-. The van der Waals surface area contributed by atoms with Gasteiger partial charge in [0.1, 0.15) is 23.1 Å². The summed E-state index contributed by atoms with van der Waals surface area (Å²) < 4.78 is 10.9. The molecule has 1 saturated heterocycles. The second-order valence-corrected chi connectivity index (χ2v) is 5.21. The molecule has 6 heteroatoms. The van der Waals surface area contributed by atoms with E-state index in [1.807, 2.05) is 12.1 Å². The van der Waals surface area contributed by atoms with Crippen LogP contribution in [0.15, 0.2) is 17.7 Å². The molecule has 1 heterocycles. The van der Waals surface area contributed by atoms with Crippen LogP contribution in [0.4, 0.5) is 5.69 Å². The molecule has 2 rings (SSSR count). The predicted molar refractivity (Wildman–Crippen MR) is 88.6 cm³/mol. The zero-order chi connectivity index (χ0) is 16.8. The Balaban J connectivity index is 2.50. The lowest BCUT2D eigenvalue weighted by Gasteiger charge is -2.22. The van der Waals surface area contributed by atoms with Crippen molar-refractivity contribution in [2.24, 2.45) is 0 Å². The van der Waals surface area contributed by atoms with Crippen LogP contribution in [0, 0.1) is 11.3 Å². The van der Waals surface area contributed by atoms with E-state index in [2.05, 4.69) is 10.2 Å². The molecule has 0 bridgehead atoms. The number of amides is 1. The number of carbonyl (C=O) groups excluding carboxylic acids is 1. The number of ether oxygens (including phenoxy) is 2. The Labute approximate surface area is 136 Å². The molecule has 1 aromatic rings. The average molecular weight is 315 g/mol. The lowest BCUT2D eigenvalue weighted by Crippen LogP contribution is -2.19. The van der Waals surface area contributed by atoms with Crippen LogP contribution < -0.4 is 19.7 Å². The fourth-order valence-corrected chi connectivity index (χ4v) is 2.66. The molecule has 1 aliphatic heterocycles. The highest BCUT2D eigenvalue weighted by molar-refractivity contribution is 6.02. The van der Waals surface area contributed by atoms with Gasteiger partial charge >= 0.3 is 0 Å². The third-order valence-corrected chi connectivity index (χ3v) is 3.87. The first-order chi connectivity index (χ1) is 11.1. The molecule has 1 amide bonds. The van der Waals surface area contributed by atoms with Crippen molar-refractivity contribution in [2.75, 3.05) is 39.3 Å². The summed E-state index contributed by atoms with van der Waals surface area (Å²) in [5.74, 6) is 0.870. The van der Waals surface area contributed by atoms with Crippen LogP contribution >= 0.6 is 0 Å². The Morgan fingerprint density at radius 3 is 2.43 bits per heavy atom. The number of hydrogen-bond donors (Lipinski definition) is 1. The minimum Gasteiger partial charge on any atom is -0.496 e. The fraction of sp³-hybridized carbons (Fsp3) is 0.412. The number of hydrogen-bond acceptors (Lipinski definition) is 5. The van der Waals surface area contributed by atoms with Crippen LogP contribution in [0.25, 0.3) is 6.08 Å². The van der Waals surface area contributed by atoms with Crippen molar-refractivity contribution >= 4 is 17.7 Å². The molecule has 0 unspecified atom stereocenters. The number of methoxy groups -OCH3 is 2. The summed E-state index contributed by atoms with van der Waals surface area (Å²) in [6.07, 6.45) is 3.82. The molecule has 0 aliphatic carbocycles. The third-order valence-electron chi connectivity index (χ3n) is 3.87. The Bertz CT molecular complexity index is 656. The third kappa shape index (κ3) is 3.57. The van der Waals surface area contributed by atoms with Crippen molar-refractivity contribution < 1.29 is 14.3 Å².